The van der Waals surface area contributed by atoms with Crippen molar-refractivity contribution in [3.8, 4) is 0 Å². The van der Waals surface area contributed by atoms with Gasteiger partial charge >= 0.3 is 0 Å². The van der Waals surface area contributed by atoms with E-state index in [0.717, 1.165) is 30.5 Å². The highest BCUT2D eigenvalue weighted by atomic mass is 32.1. The molecule has 5 heteroatoms. The highest BCUT2D eigenvalue weighted by Crippen LogP contribution is 2.39. The van der Waals surface area contributed by atoms with E-state index in [9.17, 15) is 0 Å². The van der Waals surface area contributed by atoms with Crippen molar-refractivity contribution in [2.45, 2.75) is 31.6 Å². The van der Waals surface area contributed by atoms with Gasteiger partial charge in [-0.3, -0.25) is 4.84 Å². The Morgan fingerprint density at radius 1 is 1.36 bits per heavy atom. The van der Waals surface area contributed by atoms with E-state index < -0.39 is 0 Å². The lowest BCUT2D eigenvalue weighted by Gasteiger charge is -2.24. The summed E-state index contributed by atoms with van der Waals surface area (Å²) in [5.74, 6) is 1.67. The number of hydrogen-bond acceptors (Lipinski definition) is 5. The van der Waals surface area contributed by atoms with Crippen LogP contribution >= 0.6 is 11.5 Å². The number of anilines is 1. The van der Waals surface area contributed by atoms with Gasteiger partial charge in [-0.05, 0) is 25.7 Å². The fraction of sp³-hybridized carbons (Fsp3) is 0.778. The molecule has 0 radical (unpaired) electrons. The first-order chi connectivity index (χ1) is 6.93. The first kappa shape index (κ1) is 8.61. The third-order valence-corrected chi connectivity index (χ3v) is 3.33. The Morgan fingerprint density at radius 3 is 3.00 bits per heavy atom. The monoisotopic (exact) mass is 211 g/mol. The molecule has 1 aromatic heterocycles. The van der Waals surface area contributed by atoms with Crippen molar-refractivity contribution >= 4 is 16.7 Å². The number of nitrogens with zero attached hydrogens (tertiary/aromatic N) is 3. The van der Waals surface area contributed by atoms with Crippen LogP contribution in [0.4, 0.5) is 5.13 Å². The predicted molar refractivity (Wildman–Crippen MR) is 54.4 cm³/mol. The van der Waals surface area contributed by atoms with Crippen LogP contribution in [0.15, 0.2) is 0 Å². The Morgan fingerprint density at radius 2 is 2.29 bits per heavy atom. The summed E-state index contributed by atoms with van der Waals surface area (Å²) in [7, 11) is 0. The Bertz CT molecular complexity index is 318. The van der Waals surface area contributed by atoms with Gasteiger partial charge in [0.1, 0.15) is 5.82 Å². The normalized spacial score (nSPS) is 22.7. The van der Waals surface area contributed by atoms with Crippen LogP contribution in [0.1, 0.15) is 37.4 Å². The molecule has 3 rings (SSSR count). The molecule has 4 nitrogen and oxygen atoms in total. The Kier molecular flexibility index (Phi) is 2.14. The van der Waals surface area contributed by atoms with Crippen molar-refractivity contribution in [2.75, 3.05) is 18.2 Å². The minimum atomic E-state index is 0.643. The van der Waals surface area contributed by atoms with E-state index in [1.807, 2.05) is 5.06 Å². The summed E-state index contributed by atoms with van der Waals surface area (Å²) in [4.78, 5) is 10.0. The second kappa shape index (κ2) is 3.47. The lowest BCUT2D eigenvalue weighted by atomic mass is 10.3. The van der Waals surface area contributed by atoms with Gasteiger partial charge in [-0.25, -0.2) is 10.0 Å². The number of hydroxylamine groups is 1. The van der Waals surface area contributed by atoms with Gasteiger partial charge in [0.15, 0.2) is 0 Å². The van der Waals surface area contributed by atoms with Gasteiger partial charge in [-0.15, -0.1) is 0 Å². The SMILES string of the molecule is C1CCN(c2nc(C3CC3)ns2)OC1. The third-order valence-electron chi connectivity index (χ3n) is 2.59. The average Bonchev–Trinajstić information content (AvgIpc) is 2.98. The molecule has 0 unspecified atom stereocenters. The van der Waals surface area contributed by atoms with Crippen molar-refractivity contribution < 1.29 is 4.84 Å². The lowest BCUT2D eigenvalue weighted by Crippen LogP contribution is -2.29. The first-order valence-electron chi connectivity index (χ1n) is 5.17. The van der Waals surface area contributed by atoms with Crippen LogP contribution in [0.25, 0.3) is 0 Å². The zero-order valence-corrected chi connectivity index (χ0v) is 8.79. The second-order valence-electron chi connectivity index (χ2n) is 3.85. The minimum absolute atomic E-state index is 0.643. The van der Waals surface area contributed by atoms with E-state index in [2.05, 4.69) is 9.36 Å². The summed E-state index contributed by atoms with van der Waals surface area (Å²) in [6.07, 6.45) is 4.87. The third kappa shape index (κ3) is 1.62. The Hall–Kier alpha value is -0.680. The van der Waals surface area contributed by atoms with E-state index in [0.29, 0.717) is 5.92 Å². The van der Waals surface area contributed by atoms with E-state index in [-0.39, 0.29) is 0 Å². The molecule has 1 aliphatic heterocycles. The summed E-state index contributed by atoms with van der Waals surface area (Å²) in [6.45, 7) is 1.78. The summed E-state index contributed by atoms with van der Waals surface area (Å²) in [5.41, 5.74) is 0. The molecule has 0 bridgehead atoms. The largest absolute Gasteiger partial charge is 0.271 e. The molecular formula is C9H13N3OS. The molecule has 2 fully saturated rings. The zero-order valence-electron chi connectivity index (χ0n) is 7.98. The second-order valence-corrected chi connectivity index (χ2v) is 4.58. The number of rotatable bonds is 2. The van der Waals surface area contributed by atoms with Gasteiger partial charge in [-0.2, -0.15) is 4.37 Å². The quantitative estimate of drug-likeness (QED) is 0.749. The standard InChI is InChI=1S/C9H13N3OS/c1-2-6-13-12(5-1)9-10-8(11-14-9)7-3-4-7/h7H,1-6H2. The number of hydrogen-bond donors (Lipinski definition) is 0. The van der Waals surface area contributed by atoms with Gasteiger partial charge in [0, 0.05) is 24.0 Å². The van der Waals surface area contributed by atoms with Crippen molar-refractivity contribution in [1.29, 1.82) is 0 Å². The van der Waals surface area contributed by atoms with E-state index >= 15 is 0 Å². The molecule has 0 atom stereocenters. The van der Waals surface area contributed by atoms with Crippen LogP contribution in [0, 0.1) is 0 Å². The fourth-order valence-corrected chi connectivity index (χ4v) is 2.32. The van der Waals surface area contributed by atoms with Gasteiger partial charge in [0.25, 0.3) is 0 Å². The van der Waals surface area contributed by atoms with Crippen LogP contribution in [-0.4, -0.2) is 22.5 Å². The lowest BCUT2D eigenvalue weighted by molar-refractivity contribution is 0.0777. The van der Waals surface area contributed by atoms with Crippen molar-refractivity contribution in [3.63, 3.8) is 0 Å². The topological polar surface area (TPSA) is 38.2 Å². The van der Waals surface area contributed by atoms with E-state index in [1.165, 1.54) is 30.8 Å². The minimum Gasteiger partial charge on any atom is -0.271 e. The van der Waals surface area contributed by atoms with Gasteiger partial charge in [0.05, 0.1) is 6.61 Å². The molecule has 1 saturated heterocycles. The molecule has 1 saturated carbocycles. The highest BCUT2D eigenvalue weighted by molar-refractivity contribution is 7.09. The summed E-state index contributed by atoms with van der Waals surface area (Å²) >= 11 is 1.46. The van der Waals surface area contributed by atoms with Crippen LogP contribution in [0.3, 0.4) is 0 Å². The van der Waals surface area contributed by atoms with Crippen LogP contribution in [0.2, 0.25) is 0 Å². The van der Waals surface area contributed by atoms with Crippen molar-refractivity contribution in [2.24, 2.45) is 0 Å². The van der Waals surface area contributed by atoms with Crippen molar-refractivity contribution in [1.82, 2.24) is 9.36 Å². The molecule has 0 aromatic carbocycles. The summed E-state index contributed by atoms with van der Waals surface area (Å²) in [6, 6.07) is 0. The summed E-state index contributed by atoms with van der Waals surface area (Å²) in [5, 5.41) is 2.83. The molecule has 0 amide bonds. The molecule has 2 heterocycles. The molecular weight excluding hydrogens is 198 g/mol. The highest BCUT2D eigenvalue weighted by Gasteiger charge is 2.29. The molecule has 2 aliphatic rings. The van der Waals surface area contributed by atoms with E-state index in [1.54, 1.807) is 0 Å². The van der Waals surface area contributed by atoms with Gasteiger partial charge < -0.3 is 0 Å². The fourth-order valence-electron chi connectivity index (χ4n) is 1.58. The number of aromatic nitrogens is 2. The first-order valence-corrected chi connectivity index (χ1v) is 5.95. The molecule has 76 valence electrons. The Labute approximate surface area is 87.0 Å². The van der Waals surface area contributed by atoms with Crippen LogP contribution in [-0.2, 0) is 4.84 Å². The maximum absolute atomic E-state index is 5.52. The molecule has 0 N–H and O–H groups in total. The van der Waals surface area contributed by atoms with Crippen LogP contribution < -0.4 is 5.06 Å². The van der Waals surface area contributed by atoms with E-state index in [4.69, 9.17) is 4.84 Å². The van der Waals surface area contributed by atoms with Crippen molar-refractivity contribution in [3.05, 3.63) is 5.82 Å². The zero-order chi connectivity index (χ0) is 9.38. The molecule has 0 spiro atoms. The molecule has 14 heavy (non-hydrogen) atoms. The molecule has 1 aliphatic carbocycles. The van der Waals surface area contributed by atoms with Gasteiger partial charge in [0.2, 0.25) is 5.13 Å². The predicted octanol–water partition coefficient (Wildman–Crippen LogP) is 1.95. The van der Waals surface area contributed by atoms with Gasteiger partial charge in [-0.1, -0.05) is 0 Å². The maximum Gasteiger partial charge on any atom is 0.229 e. The molecule has 1 aromatic rings. The smallest absolute Gasteiger partial charge is 0.229 e. The summed E-state index contributed by atoms with van der Waals surface area (Å²) < 4.78 is 4.36. The Balaban J connectivity index is 1.74. The van der Waals surface area contributed by atoms with Crippen LogP contribution in [0.5, 0.6) is 0 Å². The average molecular weight is 211 g/mol. The maximum atomic E-state index is 5.52.